The molecule has 0 atom stereocenters. The largest absolute Gasteiger partial charge is 0.293 e. The first-order valence-electron chi connectivity index (χ1n) is 4.03. The van der Waals surface area contributed by atoms with Gasteiger partial charge in [0, 0.05) is 6.42 Å². The van der Waals surface area contributed by atoms with E-state index in [0.717, 1.165) is 6.42 Å². The zero-order valence-corrected chi connectivity index (χ0v) is 8.27. The van der Waals surface area contributed by atoms with E-state index in [9.17, 15) is 4.79 Å². The molecule has 3 nitrogen and oxygen atoms in total. The van der Waals surface area contributed by atoms with Crippen LogP contribution in [0.25, 0.3) is 0 Å². The molecule has 70 valence electrons. The summed E-state index contributed by atoms with van der Waals surface area (Å²) in [4.78, 5) is 20.0. The van der Waals surface area contributed by atoms with Crippen LogP contribution in [-0.4, -0.2) is 16.4 Å². The molecule has 0 N–H and O–H groups in total. The van der Waals surface area contributed by atoms with Crippen LogP contribution < -0.4 is 0 Å². The van der Waals surface area contributed by atoms with Crippen molar-refractivity contribution < 1.29 is 14.6 Å². The zero-order chi connectivity index (χ0) is 9.41. The third-order valence-corrected chi connectivity index (χ3v) is 1.92. The van der Waals surface area contributed by atoms with E-state index in [2.05, 4.69) is 0 Å². The Kier molecular flexibility index (Phi) is 2.47. The molecule has 0 amide bonds. The Labute approximate surface area is 76.9 Å². The molecule has 0 aromatic carbocycles. The van der Waals surface area contributed by atoms with Gasteiger partial charge in [0.25, 0.3) is 5.79 Å². The number of rotatable bonds is 4. The summed E-state index contributed by atoms with van der Waals surface area (Å²) in [5, 5.41) is 0. The average molecular weight is 193 g/mol. The molecule has 1 fully saturated rings. The number of carbonyl (C=O) groups is 1. The summed E-state index contributed by atoms with van der Waals surface area (Å²) in [7, 11) is 0. The molecule has 0 aliphatic carbocycles. The fourth-order valence-corrected chi connectivity index (χ4v) is 1.25. The van der Waals surface area contributed by atoms with Gasteiger partial charge in [-0.3, -0.25) is 4.79 Å². The second kappa shape index (κ2) is 2.98. The molecule has 1 aliphatic heterocycles. The van der Waals surface area contributed by atoms with Crippen molar-refractivity contribution in [3.05, 3.63) is 0 Å². The van der Waals surface area contributed by atoms with E-state index in [1.54, 1.807) is 13.8 Å². The Morgan fingerprint density at radius 2 is 2.00 bits per heavy atom. The molecule has 1 saturated heterocycles. The molecule has 0 aromatic rings. The maximum absolute atomic E-state index is 11.6. The van der Waals surface area contributed by atoms with Crippen LogP contribution >= 0.6 is 11.6 Å². The summed E-state index contributed by atoms with van der Waals surface area (Å²) in [6, 6.07) is 0. The van der Waals surface area contributed by atoms with Crippen LogP contribution in [0, 0.1) is 0 Å². The van der Waals surface area contributed by atoms with E-state index < -0.39 is 10.7 Å². The number of ketones is 1. The maximum Gasteiger partial charge on any atom is 0.293 e. The SMILES string of the molecule is CCCC1(C(=O)C(C)(C)Cl)OO1. The van der Waals surface area contributed by atoms with Gasteiger partial charge in [-0.1, -0.05) is 13.3 Å². The number of halogens is 1. The number of Topliss-reactive ketones (excluding diaryl/α,β-unsaturated/α-hetero) is 1. The van der Waals surface area contributed by atoms with E-state index in [-0.39, 0.29) is 5.78 Å². The Balaban J connectivity index is 2.64. The van der Waals surface area contributed by atoms with Crippen LogP contribution in [0.2, 0.25) is 0 Å². The fourth-order valence-electron chi connectivity index (χ4n) is 1.10. The highest BCUT2D eigenvalue weighted by atomic mass is 35.5. The second-order valence-corrected chi connectivity index (χ2v) is 4.42. The van der Waals surface area contributed by atoms with E-state index in [0.29, 0.717) is 6.42 Å². The lowest BCUT2D eigenvalue weighted by Crippen LogP contribution is -2.38. The Bertz CT molecular complexity index is 191. The normalized spacial score (nSPS) is 20.7. The van der Waals surface area contributed by atoms with Crippen LogP contribution in [0.4, 0.5) is 0 Å². The predicted octanol–water partition coefficient (Wildman–Crippen LogP) is 2.03. The lowest BCUT2D eigenvalue weighted by Gasteiger charge is -2.15. The summed E-state index contributed by atoms with van der Waals surface area (Å²) in [6.07, 6.45) is 1.40. The average Bonchev–Trinajstić information content (AvgIpc) is 2.67. The van der Waals surface area contributed by atoms with Crippen LogP contribution in [0.3, 0.4) is 0 Å². The summed E-state index contributed by atoms with van der Waals surface area (Å²) in [6.45, 7) is 5.24. The molecule has 0 spiro atoms. The molecule has 0 saturated carbocycles. The van der Waals surface area contributed by atoms with E-state index in [1.807, 2.05) is 6.92 Å². The molecule has 1 heterocycles. The highest BCUT2D eigenvalue weighted by Gasteiger charge is 2.59. The van der Waals surface area contributed by atoms with Crippen LogP contribution in [-0.2, 0) is 14.6 Å². The molecular formula is C8H13ClO3. The second-order valence-electron chi connectivity index (χ2n) is 3.47. The third kappa shape index (κ3) is 1.79. The smallest absolute Gasteiger partial charge is 0.291 e. The zero-order valence-electron chi connectivity index (χ0n) is 7.52. The molecule has 1 aliphatic rings. The summed E-state index contributed by atoms with van der Waals surface area (Å²) >= 11 is 5.83. The van der Waals surface area contributed by atoms with Crippen molar-refractivity contribution in [1.29, 1.82) is 0 Å². The number of hydrogen-bond donors (Lipinski definition) is 0. The third-order valence-electron chi connectivity index (χ3n) is 1.75. The van der Waals surface area contributed by atoms with Crippen molar-refractivity contribution in [3.8, 4) is 0 Å². The van der Waals surface area contributed by atoms with Crippen LogP contribution in [0.15, 0.2) is 0 Å². The quantitative estimate of drug-likeness (QED) is 0.389. The van der Waals surface area contributed by atoms with Crippen molar-refractivity contribution in [2.45, 2.75) is 44.3 Å². The van der Waals surface area contributed by atoms with E-state index >= 15 is 0 Å². The molecule has 0 bridgehead atoms. The molecule has 0 unspecified atom stereocenters. The molecule has 0 aromatic heterocycles. The number of carbonyl (C=O) groups excluding carboxylic acids is 1. The summed E-state index contributed by atoms with van der Waals surface area (Å²) < 4.78 is 0. The Morgan fingerprint density at radius 1 is 1.50 bits per heavy atom. The van der Waals surface area contributed by atoms with Gasteiger partial charge in [0.1, 0.15) is 4.87 Å². The first kappa shape index (κ1) is 9.96. The van der Waals surface area contributed by atoms with Gasteiger partial charge < -0.3 is 0 Å². The first-order chi connectivity index (χ1) is 5.42. The van der Waals surface area contributed by atoms with Crippen molar-refractivity contribution >= 4 is 17.4 Å². The van der Waals surface area contributed by atoms with Crippen molar-refractivity contribution in [2.24, 2.45) is 0 Å². The highest BCUT2D eigenvalue weighted by Crippen LogP contribution is 2.40. The monoisotopic (exact) mass is 192 g/mol. The summed E-state index contributed by atoms with van der Waals surface area (Å²) in [5.41, 5.74) is 0. The standard InChI is InChI=1S/C8H13ClO3/c1-4-5-8(11-12-8)6(10)7(2,3)9/h4-5H2,1-3H3. The number of hydrogen-bond acceptors (Lipinski definition) is 3. The highest BCUT2D eigenvalue weighted by molar-refractivity contribution is 6.35. The minimum Gasteiger partial charge on any atom is -0.291 e. The minimum atomic E-state index is -1.03. The molecule has 0 radical (unpaired) electrons. The Hall–Kier alpha value is -0.120. The lowest BCUT2D eigenvalue weighted by atomic mass is 9.98. The van der Waals surface area contributed by atoms with Gasteiger partial charge in [0.2, 0.25) is 5.78 Å². The van der Waals surface area contributed by atoms with Crippen molar-refractivity contribution in [1.82, 2.24) is 0 Å². The van der Waals surface area contributed by atoms with Gasteiger partial charge in [-0.2, -0.15) is 9.78 Å². The van der Waals surface area contributed by atoms with E-state index in [4.69, 9.17) is 21.4 Å². The topological polar surface area (TPSA) is 42.1 Å². The minimum absolute atomic E-state index is 0.196. The van der Waals surface area contributed by atoms with Gasteiger partial charge in [-0.15, -0.1) is 11.6 Å². The number of alkyl halides is 1. The summed E-state index contributed by atoms with van der Waals surface area (Å²) in [5.74, 6) is -1.22. The van der Waals surface area contributed by atoms with Crippen LogP contribution in [0.1, 0.15) is 33.6 Å². The van der Waals surface area contributed by atoms with Crippen molar-refractivity contribution in [2.75, 3.05) is 0 Å². The van der Waals surface area contributed by atoms with Gasteiger partial charge >= 0.3 is 0 Å². The molecular weight excluding hydrogens is 180 g/mol. The van der Waals surface area contributed by atoms with Crippen LogP contribution in [0.5, 0.6) is 0 Å². The van der Waals surface area contributed by atoms with Gasteiger partial charge in [0.15, 0.2) is 0 Å². The first-order valence-corrected chi connectivity index (χ1v) is 4.41. The van der Waals surface area contributed by atoms with Crippen molar-refractivity contribution in [3.63, 3.8) is 0 Å². The maximum atomic E-state index is 11.6. The van der Waals surface area contributed by atoms with Gasteiger partial charge in [-0.05, 0) is 13.8 Å². The molecule has 12 heavy (non-hydrogen) atoms. The lowest BCUT2D eigenvalue weighted by molar-refractivity contribution is -0.127. The Morgan fingerprint density at radius 3 is 2.25 bits per heavy atom. The van der Waals surface area contributed by atoms with E-state index in [1.165, 1.54) is 0 Å². The molecule has 1 rings (SSSR count). The van der Waals surface area contributed by atoms with Gasteiger partial charge in [0.05, 0.1) is 0 Å². The fraction of sp³-hybridized carbons (Fsp3) is 0.875. The molecule has 4 heteroatoms. The predicted molar refractivity (Wildman–Crippen MR) is 44.7 cm³/mol. The van der Waals surface area contributed by atoms with Gasteiger partial charge in [-0.25, -0.2) is 0 Å².